The lowest BCUT2D eigenvalue weighted by Crippen LogP contribution is -2.83. The third kappa shape index (κ3) is 4.08. The minimum absolute atomic E-state index is 0.124. The molecule has 2 N–H and O–H groups in total. The van der Waals surface area contributed by atoms with Gasteiger partial charge in [0.2, 0.25) is 0 Å². The molecule has 3 aromatic rings. The van der Waals surface area contributed by atoms with Crippen LogP contribution < -0.4 is 24.3 Å². The molecule has 2 aromatic carbocycles. The van der Waals surface area contributed by atoms with E-state index >= 15 is 0 Å². The van der Waals surface area contributed by atoms with E-state index in [9.17, 15) is 0 Å². The van der Waals surface area contributed by atoms with E-state index in [4.69, 9.17) is 18.9 Å². The van der Waals surface area contributed by atoms with Crippen molar-refractivity contribution < 1.29 is 24.3 Å². The average molecular weight is 424 g/mol. The molecule has 164 valence electrons. The Labute approximate surface area is 183 Å². The number of aromatic nitrogens is 1. The standard InChI is InChI=1S/C25H30N2O4/c1-5-29-22-13-17(10-11-21(22)28-4)25-19-9-8-12-27(19)20-15-24(31-7-3)23(30-6-2)14-18(20)16-26-25/h8-15,25-26H,5-7,16H2,1-4H3/p+1. The maximum atomic E-state index is 5.89. The number of benzene rings is 2. The van der Waals surface area contributed by atoms with E-state index < -0.39 is 0 Å². The molecule has 0 fully saturated rings. The Morgan fingerprint density at radius 1 is 0.871 bits per heavy atom. The van der Waals surface area contributed by atoms with Gasteiger partial charge >= 0.3 is 0 Å². The van der Waals surface area contributed by atoms with Gasteiger partial charge in [0.1, 0.15) is 6.54 Å². The molecule has 0 saturated carbocycles. The van der Waals surface area contributed by atoms with Crippen molar-refractivity contribution in [3.8, 4) is 28.7 Å². The van der Waals surface area contributed by atoms with E-state index in [1.807, 2.05) is 26.8 Å². The number of ether oxygens (including phenoxy) is 4. The van der Waals surface area contributed by atoms with Gasteiger partial charge in [0.25, 0.3) is 0 Å². The fourth-order valence-electron chi connectivity index (χ4n) is 4.21. The predicted molar refractivity (Wildman–Crippen MR) is 120 cm³/mol. The van der Waals surface area contributed by atoms with Gasteiger partial charge in [0.15, 0.2) is 29.0 Å². The van der Waals surface area contributed by atoms with Gasteiger partial charge in [-0.05, 0) is 57.2 Å². The molecule has 1 aliphatic heterocycles. The van der Waals surface area contributed by atoms with E-state index in [0.717, 1.165) is 35.2 Å². The highest BCUT2D eigenvalue weighted by Gasteiger charge is 2.28. The van der Waals surface area contributed by atoms with E-state index in [2.05, 4.69) is 52.5 Å². The molecule has 6 heteroatoms. The quantitative estimate of drug-likeness (QED) is 0.598. The van der Waals surface area contributed by atoms with Gasteiger partial charge in [-0.1, -0.05) is 0 Å². The highest BCUT2D eigenvalue weighted by Crippen LogP contribution is 2.37. The lowest BCUT2D eigenvalue weighted by molar-refractivity contribution is -0.702. The molecule has 1 aromatic heterocycles. The number of fused-ring (bicyclic) bond motifs is 3. The summed E-state index contributed by atoms with van der Waals surface area (Å²) in [5.41, 5.74) is 4.72. The zero-order valence-corrected chi connectivity index (χ0v) is 18.7. The molecule has 2 heterocycles. The predicted octanol–water partition coefficient (Wildman–Crippen LogP) is 3.85. The Morgan fingerprint density at radius 3 is 2.23 bits per heavy atom. The summed E-state index contributed by atoms with van der Waals surface area (Å²) in [7, 11) is 1.67. The summed E-state index contributed by atoms with van der Waals surface area (Å²) in [5.74, 6) is 3.10. The van der Waals surface area contributed by atoms with Crippen molar-refractivity contribution in [3.05, 3.63) is 65.5 Å². The van der Waals surface area contributed by atoms with Crippen molar-refractivity contribution in [1.29, 1.82) is 0 Å². The van der Waals surface area contributed by atoms with Crippen LogP contribution in [0.3, 0.4) is 0 Å². The van der Waals surface area contributed by atoms with Crippen LogP contribution in [0.4, 0.5) is 0 Å². The van der Waals surface area contributed by atoms with Crippen LogP contribution >= 0.6 is 0 Å². The van der Waals surface area contributed by atoms with Crippen LogP contribution in [0.25, 0.3) is 5.69 Å². The lowest BCUT2D eigenvalue weighted by atomic mass is 10.0. The van der Waals surface area contributed by atoms with Crippen LogP contribution in [0.1, 0.15) is 43.6 Å². The zero-order valence-electron chi connectivity index (χ0n) is 18.7. The highest BCUT2D eigenvalue weighted by molar-refractivity contribution is 5.56. The Balaban J connectivity index is 1.78. The third-order valence-corrected chi connectivity index (χ3v) is 5.52. The van der Waals surface area contributed by atoms with Gasteiger partial charge < -0.3 is 28.8 Å². The summed E-state index contributed by atoms with van der Waals surface area (Å²) >= 11 is 0. The first kappa shape index (κ1) is 21.1. The van der Waals surface area contributed by atoms with Crippen LogP contribution in [0.2, 0.25) is 0 Å². The fourth-order valence-corrected chi connectivity index (χ4v) is 4.21. The molecule has 0 radical (unpaired) electrons. The van der Waals surface area contributed by atoms with Gasteiger partial charge in [0.05, 0.1) is 38.3 Å². The van der Waals surface area contributed by atoms with Gasteiger partial charge in [-0.2, -0.15) is 0 Å². The van der Waals surface area contributed by atoms with Crippen molar-refractivity contribution in [2.75, 3.05) is 26.9 Å². The zero-order chi connectivity index (χ0) is 21.8. The first-order chi connectivity index (χ1) is 15.2. The molecule has 0 spiro atoms. The van der Waals surface area contributed by atoms with Crippen LogP contribution in [0.5, 0.6) is 23.0 Å². The van der Waals surface area contributed by atoms with Crippen LogP contribution in [0, 0.1) is 0 Å². The molecule has 31 heavy (non-hydrogen) atoms. The number of methoxy groups -OCH3 is 1. The van der Waals surface area contributed by atoms with Crippen molar-refractivity contribution in [2.24, 2.45) is 0 Å². The maximum absolute atomic E-state index is 5.89. The molecular formula is C25H31N2O4+. The van der Waals surface area contributed by atoms with E-state index in [-0.39, 0.29) is 6.04 Å². The highest BCUT2D eigenvalue weighted by atomic mass is 16.5. The Morgan fingerprint density at radius 2 is 1.55 bits per heavy atom. The molecule has 0 bridgehead atoms. The van der Waals surface area contributed by atoms with Gasteiger partial charge in [-0.15, -0.1) is 0 Å². The number of rotatable bonds is 8. The third-order valence-electron chi connectivity index (χ3n) is 5.52. The van der Waals surface area contributed by atoms with Crippen molar-refractivity contribution in [3.63, 3.8) is 0 Å². The molecule has 1 aliphatic rings. The summed E-state index contributed by atoms with van der Waals surface area (Å²) in [5, 5.41) is 2.35. The topological polar surface area (TPSA) is 58.5 Å². The number of nitrogens with two attached hydrogens (primary N) is 1. The first-order valence-electron chi connectivity index (χ1n) is 10.9. The monoisotopic (exact) mass is 423 g/mol. The van der Waals surface area contributed by atoms with Crippen molar-refractivity contribution in [2.45, 2.75) is 33.4 Å². The SMILES string of the molecule is CCOc1cc(C2[NH2+]Cc3cc(OCC)c(OCC)cc3-n3cccc32)ccc1OC. The van der Waals surface area contributed by atoms with Crippen LogP contribution in [-0.4, -0.2) is 31.5 Å². The van der Waals surface area contributed by atoms with E-state index in [1.54, 1.807) is 7.11 Å². The van der Waals surface area contributed by atoms with Crippen LogP contribution in [0.15, 0.2) is 48.7 Å². The molecule has 1 atom stereocenters. The summed E-state index contributed by atoms with van der Waals surface area (Å²) in [6.45, 7) is 8.58. The second kappa shape index (κ2) is 9.35. The van der Waals surface area contributed by atoms with Crippen molar-refractivity contribution >= 4 is 0 Å². The lowest BCUT2D eigenvalue weighted by Gasteiger charge is -2.17. The molecular weight excluding hydrogens is 392 g/mol. The van der Waals surface area contributed by atoms with E-state index in [0.29, 0.717) is 19.8 Å². The van der Waals surface area contributed by atoms with Crippen LogP contribution in [-0.2, 0) is 6.54 Å². The number of hydrogen-bond donors (Lipinski definition) is 1. The molecule has 4 rings (SSSR count). The summed E-state index contributed by atoms with van der Waals surface area (Å²) in [4.78, 5) is 0. The fraction of sp³-hybridized carbons (Fsp3) is 0.360. The number of hydrogen-bond acceptors (Lipinski definition) is 4. The summed E-state index contributed by atoms with van der Waals surface area (Å²) < 4.78 is 25.3. The van der Waals surface area contributed by atoms with Gasteiger partial charge in [-0.3, -0.25) is 0 Å². The second-order valence-electron chi connectivity index (χ2n) is 7.36. The van der Waals surface area contributed by atoms with E-state index in [1.165, 1.54) is 16.8 Å². The minimum Gasteiger partial charge on any atom is -0.493 e. The Kier molecular flexibility index (Phi) is 6.37. The smallest absolute Gasteiger partial charge is 0.163 e. The summed E-state index contributed by atoms with van der Waals surface area (Å²) in [6.07, 6.45) is 2.11. The number of nitrogens with zero attached hydrogens (tertiary/aromatic N) is 1. The number of quaternary nitrogens is 1. The first-order valence-corrected chi connectivity index (χ1v) is 10.9. The average Bonchev–Trinajstić information content (AvgIpc) is 3.20. The molecule has 0 aliphatic carbocycles. The molecule has 0 amide bonds. The molecule has 0 saturated heterocycles. The summed E-state index contributed by atoms with van der Waals surface area (Å²) in [6, 6.07) is 14.8. The minimum atomic E-state index is 0.124. The second-order valence-corrected chi connectivity index (χ2v) is 7.36. The maximum Gasteiger partial charge on any atom is 0.163 e. The van der Waals surface area contributed by atoms with Gasteiger partial charge in [0, 0.05) is 23.4 Å². The normalized spacial score (nSPS) is 14.9. The Bertz CT molecular complexity index is 1040. The largest absolute Gasteiger partial charge is 0.493 e. The van der Waals surface area contributed by atoms with Gasteiger partial charge in [-0.25, -0.2) is 0 Å². The molecule has 1 unspecified atom stereocenters. The Hall–Kier alpha value is -3.12. The molecule has 6 nitrogen and oxygen atoms in total. The van der Waals surface area contributed by atoms with Crippen molar-refractivity contribution in [1.82, 2.24) is 4.57 Å².